The van der Waals surface area contributed by atoms with E-state index in [1.807, 2.05) is 18.2 Å². The third kappa shape index (κ3) is 8.40. The molecule has 35 heavy (non-hydrogen) atoms. The van der Waals surface area contributed by atoms with Crippen LogP contribution < -0.4 is 15.5 Å². The van der Waals surface area contributed by atoms with Crippen molar-refractivity contribution >= 4 is 23.0 Å². The number of amides is 1. The molecular formula is C26H32F5N3O. The lowest BCUT2D eigenvalue weighted by atomic mass is 10.1. The van der Waals surface area contributed by atoms with Gasteiger partial charge in [0, 0.05) is 31.7 Å². The zero-order valence-corrected chi connectivity index (χ0v) is 19.6. The van der Waals surface area contributed by atoms with Gasteiger partial charge in [-0.3, -0.25) is 4.79 Å². The summed E-state index contributed by atoms with van der Waals surface area (Å²) in [6, 6.07) is 10.7. The molecule has 192 valence electrons. The van der Waals surface area contributed by atoms with Crippen LogP contribution in [0.25, 0.3) is 0 Å². The zero-order valence-electron chi connectivity index (χ0n) is 19.6. The summed E-state index contributed by atoms with van der Waals surface area (Å²) in [6.45, 7) is 1.16. The molecule has 0 unspecified atom stereocenters. The number of benzene rings is 2. The van der Waals surface area contributed by atoms with Crippen molar-refractivity contribution in [2.75, 3.05) is 35.3 Å². The first-order chi connectivity index (χ1) is 16.8. The Morgan fingerprint density at radius 2 is 1.71 bits per heavy atom. The molecule has 0 bridgehead atoms. The van der Waals surface area contributed by atoms with Crippen molar-refractivity contribution in [1.29, 1.82) is 0 Å². The molecule has 1 saturated heterocycles. The van der Waals surface area contributed by atoms with Crippen molar-refractivity contribution < 1.29 is 26.7 Å². The van der Waals surface area contributed by atoms with Gasteiger partial charge >= 0.3 is 6.18 Å². The minimum absolute atomic E-state index is 0.127. The van der Waals surface area contributed by atoms with Gasteiger partial charge in [0.2, 0.25) is 5.91 Å². The quantitative estimate of drug-likeness (QED) is 0.243. The molecule has 9 heteroatoms. The first-order valence-electron chi connectivity index (χ1n) is 12.0. The normalized spacial score (nSPS) is 14.7. The molecule has 0 aliphatic carbocycles. The molecule has 0 saturated carbocycles. The van der Waals surface area contributed by atoms with Crippen LogP contribution in [0, 0.1) is 0 Å². The van der Waals surface area contributed by atoms with Crippen molar-refractivity contribution in [3.05, 3.63) is 53.6 Å². The van der Waals surface area contributed by atoms with E-state index in [4.69, 9.17) is 0 Å². The number of rotatable bonds is 12. The number of anilines is 3. The first kappa shape index (κ1) is 26.8. The highest BCUT2D eigenvalue weighted by Crippen LogP contribution is 2.33. The second-order valence-corrected chi connectivity index (χ2v) is 8.87. The molecule has 0 aromatic heterocycles. The highest BCUT2D eigenvalue weighted by atomic mass is 19.4. The van der Waals surface area contributed by atoms with Gasteiger partial charge in [0.05, 0.1) is 16.9 Å². The molecule has 1 heterocycles. The number of carbonyl (C=O) groups is 1. The Labute approximate surface area is 202 Å². The van der Waals surface area contributed by atoms with Gasteiger partial charge < -0.3 is 15.5 Å². The van der Waals surface area contributed by atoms with Gasteiger partial charge in [-0.15, -0.1) is 0 Å². The number of hydrogen-bond acceptors (Lipinski definition) is 3. The Kier molecular flexibility index (Phi) is 9.74. The fourth-order valence-corrected chi connectivity index (χ4v) is 4.10. The predicted octanol–water partition coefficient (Wildman–Crippen LogP) is 7.11. The molecule has 1 atom stereocenters. The molecule has 1 aliphatic heterocycles. The zero-order chi connectivity index (χ0) is 25.3. The minimum Gasteiger partial charge on any atom is -0.381 e. The molecule has 4 nitrogen and oxygen atoms in total. The first-order valence-corrected chi connectivity index (χ1v) is 12.0. The smallest absolute Gasteiger partial charge is 0.381 e. The number of unbranched alkanes of at least 4 members (excludes halogenated alkanes) is 2. The van der Waals surface area contributed by atoms with Crippen LogP contribution in [-0.4, -0.2) is 31.8 Å². The lowest BCUT2D eigenvalue weighted by Gasteiger charge is -2.23. The molecule has 0 spiro atoms. The Bertz CT molecular complexity index is 943. The van der Waals surface area contributed by atoms with E-state index in [2.05, 4.69) is 15.5 Å². The number of hydrogen-bond donors (Lipinski definition) is 2. The summed E-state index contributed by atoms with van der Waals surface area (Å²) in [5.41, 5.74) is 2.46. The van der Waals surface area contributed by atoms with E-state index in [0.29, 0.717) is 37.9 Å². The molecule has 2 N–H and O–H groups in total. The maximum absolute atomic E-state index is 12.9. The van der Waals surface area contributed by atoms with Crippen LogP contribution in [0.3, 0.4) is 0 Å². The number of nitrogens with one attached hydrogen (secondary N) is 2. The molecule has 0 radical (unpaired) electrons. The van der Waals surface area contributed by atoms with E-state index in [0.717, 1.165) is 55.0 Å². The number of carbonyl (C=O) groups excluding carboxylic acids is 1. The second-order valence-electron chi connectivity index (χ2n) is 8.87. The van der Waals surface area contributed by atoms with Crippen molar-refractivity contribution in [3.63, 3.8) is 0 Å². The summed E-state index contributed by atoms with van der Waals surface area (Å²) >= 11 is 0. The highest BCUT2D eigenvalue weighted by molar-refractivity contribution is 5.95. The van der Waals surface area contributed by atoms with Gasteiger partial charge in [-0.2, -0.15) is 13.2 Å². The van der Waals surface area contributed by atoms with Gasteiger partial charge in [0.15, 0.2) is 0 Å². The minimum atomic E-state index is -4.36. The second kappa shape index (κ2) is 12.7. The van der Waals surface area contributed by atoms with Gasteiger partial charge in [-0.25, -0.2) is 8.78 Å². The standard InChI is InChI=1S/C26H32F5N3O/c27-17-21(28)6-2-1-3-7-25(35)33-23-13-12-22(16-24(23)34-14-4-5-15-34)32-18-19-8-10-20(11-9-19)26(29,30)31/h8-13,16,21,32H,1-7,14-15,17-18H2,(H,33,35)/t21-/m1/s1. The van der Waals surface area contributed by atoms with Gasteiger partial charge in [-0.1, -0.05) is 25.0 Å². The lowest BCUT2D eigenvalue weighted by Crippen LogP contribution is -2.21. The predicted molar refractivity (Wildman–Crippen MR) is 129 cm³/mol. The summed E-state index contributed by atoms with van der Waals surface area (Å²) in [6.07, 6.45) is -1.34. The summed E-state index contributed by atoms with van der Waals surface area (Å²) < 4.78 is 63.4. The largest absolute Gasteiger partial charge is 0.416 e. The van der Waals surface area contributed by atoms with Crippen LogP contribution in [0.15, 0.2) is 42.5 Å². The van der Waals surface area contributed by atoms with Crippen molar-refractivity contribution in [2.24, 2.45) is 0 Å². The summed E-state index contributed by atoms with van der Waals surface area (Å²) in [7, 11) is 0. The molecule has 1 fully saturated rings. The van der Waals surface area contributed by atoms with Crippen molar-refractivity contribution in [1.82, 2.24) is 0 Å². The molecular weight excluding hydrogens is 465 g/mol. The molecule has 2 aromatic rings. The average molecular weight is 498 g/mol. The van der Waals surface area contributed by atoms with Crippen molar-refractivity contribution in [2.45, 2.75) is 63.8 Å². The molecule has 1 amide bonds. The molecule has 1 aliphatic rings. The fraction of sp³-hybridized carbons (Fsp3) is 0.500. The van der Waals surface area contributed by atoms with Crippen LogP contribution in [0.1, 0.15) is 56.1 Å². The van der Waals surface area contributed by atoms with E-state index in [9.17, 15) is 26.7 Å². The molecule has 3 rings (SSSR count). The average Bonchev–Trinajstić information content (AvgIpc) is 3.37. The van der Waals surface area contributed by atoms with E-state index < -0.39 is 24.6 Å². The maximum atomic E-state index is 12.9. The third-order valence-electron chi connectivity index (χ3n) is 6.09. The van der Waals surface area contributed by atoms with Crippen molar-refractivity contribution in [3.8, 4) is 0 Å². The van der Waals surface area contributed by atoms with Gasteiger partial charge in [-0.05, 0) is 61.6 Å². The maximum Gasteiger partial charge on any atom is 0.416 e. The SMILES string of the molecule is O=C(CCCCC[C@@H](F)CF)Nc1ccc(NCc2ccc(C(F)(F)F)cc2)cc1N1CCCC1. The van der Waals surface area contributed by atoms with Crippen LogP contribution in [0.2, 0.25) is 0 Å². The summed E-state index contributed by atoms with van der Waals surface area (Å²) in [5, 5.41) is 6.22. The van der Waals surface area contributed by atoms with Gasteiger partial charge in [0.25, 0.3) is 0 Å². The van der Waals surface area contributed by atoms with Gasteiger partial charge in [0.1, 0.15) is 12.8 Å². The Hall–Kier alpha value is -2.84. The van der Waals surface area contributed by atoms with Crippen LogP contribution in [0.4, 0.5) is 39.0 Å². The third-order valence-corrected chi connectivity index (χ3v) is 6.09. The Morgan fingerprint density at radius 3 is 2.37 bits per heavy atom. The lowest BCUT2D eigenvalue weighted by molar-refractivity contribution is -0.137. The number of nitrogens with zero attached hydrogens (tertiary/aromatic N) is 1. The fourth-order valence-electron chi connectivity index (χ4n) is 4.10. The highest BCUT2D eigenvalue weighted by Gasteiger charge is 2.29. The summed E-state index contributed by atoms with van der Waals surface area (Å²) in [4.78, 5) is 14.7. The van der Waals surface area contributed by atoms with E-state index >= 15 is 0 Å². The van der Waals surface area contributed by atoms with E-state index in [1.54, 1.807) is 0 Å². The topological polar surface area (TPSA) is 44.4 Å². The summed E-state index contributed by atoms with van der Waals surface area (Å²) in [5.74, 6) is -0.127. The van der Waals surface area contributed by atoms with E-state index in [-0.39, 0.29) is 12.3 Å². The Morgan fingerprint density at radius 1 is 1.00 bits per heavy atom. The van der Waals surface area contributed by atoms with Crippen LogP contribution >= 0.6 is 0 Å². The number of halogens is 5. The Balaban J connectivity index is 1.58. The number of alkyl halides is 5. The monoisotopic (exact) mass is 497 g/mol. The van der Waals surface area contributed by atoms with Crippen LogP contribution in [-0.2, 0) is 17.5 Å². The van der Waals surface area contributed by atoms with Crippen LogP contribution in [0.5, 0.6) is 0 Å². The van der Waals surface area contributed by atoms with E-state index in [1.165, 1.54) is 12.1 Å². The molecule has 2 aromatic carbocycles.